The third-order valence-electron chi connectivity index (χ3n) is 2.82. The molecule has 16 heavy (non-hydrogen) atoms. The predicted octanol–water partition coefficient (Wildman–Crippen LogP) is 4.02. The maximum atomic E-state index is 8.80. The van der Waals surface area contributed by atoms with Crippen LogP contribution in [0.2, 0.25) is 0 Å². The molecule has 78 valence electrons. The highest BCUT2D eigenvalue weighted by Crippen LogP contribution is 2.28. The Bertz CT molecular complexity index is 543. The zero-order valence-electron chi connectivity index (χ0n) is 9.06. The summed E-state index contributed by atoms with van der Waals surface area (Å²) in [6, 6.07) is 16.6. The van der Waals surface area contributed by atoms with E-state index in [4.69, 9.17) is 5.26 Å². The molecule has 0 aliphatic rings. The molecule has 1 heteroatoms. The van der Waals surface area contributed by atoms with Gasteiger partial charge in [-0.1, -0.05) is 48.5 Å². The smallest absolute Gasteiger partial charge is 0.0631 e. The van der Waals surface area contributed by atoms with E-state index in [2.05, 4.69) is 36.9 Å². The van der Waals surface area contributed by atoms with Gasteiger partial charge in [-0.25, -0.2) is 0 Å². The van der Waals surface area contributed by atoms with E-state index in [-0.39, 0.29) is 5.92 Å². The van der Waals surface area contributed by atoms with Crippen LogP contribution in [0.15, 0.2) is 55.1 Å². The molecule has 0 bridgehead atoms. The van der Waals surface area contributed by atoms with Gasteiger partial charge in [0.2, 0.25) is 0 Å². The molecule has 0 heterocycles. The first-order valence-corrected chi connectivity index (χ1v) is 5.34. The molecule has 2 rings (SSSR count). The van der Waals surface area contributed by atoms with E-state index in [1.54, 1.807) is 0 Å². The van der Waals surface area contributed by atoms with Gasteiger partial charge < -0.3 is 0 Å². The highest BCUT2D eigenvalue weighted by molar-refractivity contribution is 5.86. The van der Waals surface area contributed by atoms with Crippen molar-refractivity contribution in [3.63, 3.8) is 0 Å². The van der Waals surface area contributed by atoms with Gasteiger partial charge in [0, 0.05) is 12.3 Å². The van der Waals surface area contributed by atoms with Crippen LogP contribution in [0.5, 0.6) is 0 Å². The number of benzene rings is 2. The van der Waals surface area contributed by atoms with Crippen LogP contribution in [0.1, 0.15) is 17.9 Å². The second-order valence-electron chi connectivity index (χ2n) is 3.77. The van der Waals surface area contributed by atoms with Crippen LogP contribution < -0.4 is 0 Å². The van der Waals surface area contributed by atoms with Crippen molar-refractivity contribution in [2.45, 2.75) is 12.3 Å². The summed E-state index contributed by atoms with van der Waals surface area (Å²) in [5.41, 5.74) is 1.19. The van der Waals surface area contributed by atoms with E-state index in [0.29, 0.717) is 6.42 Å². The summed E-state index contributed by atoms with van der Waals surface area (Å²) in [4.78, 5) is 0. The third kappa shape index (κ3) is 1.83. The Morgan fingerprint density at radius 1 is 1.19 bits per heavy atom. The maximum Gasteiger partial charge on any atom is 0.0631 e. The van der Waals surface area contributed by atoms with E-state index in [0.717, 1.165) is 0 Å². The van der Waals surface area contributed by atoms with Crippen LogP contribution in [0.25, 0.3) is 10.8 Å². The molecule has 1 nitrogen and oxygen atoms in total. The van der Waals surface area contributed by atoms with Gasteiger partial charge in [-0.3, -0.25) is 0 Å². The molecule has 0 aliphatic heterocycles. The molecule has 0 unspecified atom stereocenters. The summed E-state index contributed by atoms with van der Waals surface area (Å²) in [7, 11) is 0. The van der Waals surface area contributed by atoms with Crippen molar-refractivity contribution in [1.82, 2.24) is 0 Å². The number of hydrogen-bond acceptors (Lipinski definition) is 1. The lowest BCUT2D eigenvalue weighted by molar-refractivity contribution is 0.884. The van der Waals surface area contributed by atoms with Crippen molar-refractivity contribution < 1.29 is 0 Å². The molecule has 0 aliphatic carbocycles. The van der Waals surface area contributed by atoms with Crippen LogP contribution in [-0.2, 0) is 0 Å². The minimum absolute atomic E-state index is 0.121. The summed E-state index contributed by atoms with van der Waals surface area (Å²) in [6.07, 6.45) is 2.34. The van der Waals surface area contributed by atoms with Gasteiger partial charge >= 0.3 is 0 Å². The molecule has 0 fully saturated rings. The number of fused-ring (bicyclic) bond motifs is 1. The van der Waals surface area contributed by atoms with Gasteiger partial charge in [-0.05, 0) is 16.3 Å². The first-order valence-electron chi connectivity index (χ1n) is 5.34. The molecule has 2 aromatic rings. The van der Waals surface area contributed by atoms with Crippen LogP contribution in [0.3, 0.4) is 0 Å². The SMILES string of the molecule is C=C[C@@H](CC#N)c1cccc2ccccc12. The minimum Gasteiger partial charge on any atom is -0.198 e. The van der Waals surface area contributed by atoms with E-state index < -0.39 is 0 Å². The summed E-state index contributed by atoms with van der Waals surface area (Å²) >= 11 is 0. The molecule has 0 radical (unpaired) electrons. The lowest BCUT2D eigenvalue weighted by Gasteiger charge is -2.12. The summed E-state index contributed by atoms with van der Waals surface area (Å²) < 4.78 is 0. The van der Waals surface area contributed by atoms with Crippen molar-refractivity contribution in [3.8, 4) is 6.07 Å². The van der Waals surface area contributed by atoms with Gasteiger partial charge in [0.25, 0.3) is 0 Å². The second-order valence-corrected chi connectivity index (χ2v) is 3.77. The quantitative estimate of drug-likeness (QED) is 0.697. The topological polar surface area (TPSA) is 23.8 Å². The Kier molecular flexibility index (Phi) is 3.03. The molecule has 1 atom stereocenters. The molecule has 0 saturated carbocycles. The fraction of sp³-hybridized carbons (Fsp3) is 0.133. The predicted molar refractivity (Wildman–Crippen MR) is 67.1 cm³/mol. The molecular weight excluding hydrogens is 194 g/mol. The van der Waals surface area contributed by atoms with Crippen LogP contribution in [0, 0.1) is 11.3 Å². The largest absolute Gasteiger partial charge is 0.198 e. The Morgan fingerprint density at radius 2 is 1.94 bits per heavy atom. The Labute approximate surface area is 95.6 Å². The normalized spacial score (nSPS) is 11.9. The minimum atomic E-state index is 0.121. The highest BCUT2D eigenvalue weighted by atomic mass is 14.2. The number of nitrogens with zero attached hydrogens (tertiary/aromatic N) is 1. The Morgan fingerprint density at radius 3 is 2.69 bits per heavy atom. The van der Waals surface area contributed by atoms with Crippen molar-refractivity contribution in [3.05, 3.63) is 60.7 Å². The first kappa shape index (κ1) is 10.4. The fourth-order valence-corrected chi connectivity index (χ4v) is 1.99. The van der Waals surface area contributed by atoms with E-state index in [1.165, 1.54) is 16.3 Å². The lowest BCUT2D eigenvalue weighted by atomic mass is 9.91. The van der Waals surface area contributed by atoms with Crippen molar-refractivity contribution in [1.29, 1.82) is 5.26 Å². The molecular formula is C15H13N. The number of allylic oxidation sites excluding steroid dienone is 1. The van der Waals surface area contributed by atoms with Crippen LogP contribution in [-0.4, -0.2) is 0 Å². The van der Waals surface area contributed by atoms with E-state index in [9.17, 15) is 0 Å². The van der Waals surface area contributed by atoms with E-state index in [1.807, 2.05) is 24.3 Å². The van der Waals surface area contributed by atoms with E-state index >= 15 is 0 Å². The fourth-order valence-electron chi connectivity index (χ4n) is 1.99. The second kappa shape index (κ2) is 4.63. The molecule has 0 spiro atoms. The zero-order chi connectivity index (χ0) is 11.4. The maximum absolute atomic E-state index is 8.80. The third-order valence-corrected chi connectivity index (χ3v) is 2.82. The first-order chi connectivity index (χ1) is 7.86. The monoisotopic (exact) mass is 207 g/mol. The zero-order valence-corrected chi connectivity index (χ0v) is 9.06. The standard InChI is InChI=1S/C15H13N/c1-2-12(10-11-16)14-9-5-7-13-6-3-4-8-15(13)14/h2-9,12H,1,10H2/t12-/m0/s1. The Balaban J connectivity index is 2.59. The van der Waals surface area contributed by atoms with Crippen molar-refractivity contribution >= 4 is 10.8 Å². The summed E-state index contributed by atoms with van der Waals surface area (Å²) in [5.74, 6) is 0.121. The van der Waals surface area contributed by atoms with Crippen molar-refractivity contribution in [2.75, 3.05) is 0 Å². The van der Waals surface area contributed by atoms with Gasteiger partial charge in [0.15, 0.2) is 0 Å². The lowest BCUT2D eigenvalue weighted by Crippen LogP contribution is -1.94. The summed E-state index contributed by atoms with van der Waals surface area (Å²) in [5, 5.41) is 11.2. The molecule has 0 aromatic heterocycles. The van der Waals surface area contributed by atoms with Gasteiger partial charge in [0.1, 0.15) is 0 Å². The summed E-state index contributed by atoms with van der Waals surface area (Å²) in [6.45, 7) is 3.81. The average molecular weight is 207 g/mol. The van der Waals surface area contributed by atoms with Crippen molar-refractivity contribution in [2.24, 2.45) is 0 Å². The number of hydrogen-bond donors (Lipinski definition) is 0. The Hall–Kier alpha value is -2.07. The average Bonchev–Trinajstić information content (AvgIpc) is 2.35. The molecule has 2 aromatic carbocycles. The highest BCUT2D eigenvalue weighted by Gasteiger charge is 2.09. The van der Waals surface area contributed by atoms with Crippen LogP contribution in [0.4, 0.5) is 0 Å². The van der Waals surface area contributed by atoms with Gasteiger partial charge in [0.05, 0.1) is 6.07 Å². The molecule has 0 N–H and O–H groups in total. The van der Waals surface area contributed by atoms with Gasteiger partial charge in [-0.15, -0.1) is 6.58 Å². The molecule has 0 amide bonds. The molecule has 0 saturated heterocycles. The van der Waals surface area contributed by atoms with Crippen LogP contribution >= 0.6 is 0 Å². The van der Waals surface area contributed by atoms with Gasteiger partial charge in [-0.2, -0.15) is 5.26 Å². The number of nitriles is 1. The number of rotatable bonds is 3.